The van der Waals surface area contributed by atoms with Crippen molar-refractivity contribution in [3.63, 3.8) is 0 Å². The van der Waals surface area contributed by atoms with Gasteiger partial charge < -0.3 is 15.6 Å². The Hall–Kier alpha value is -2.76. The highest BCUT2D eigenvalue weighted by molar-refractivity contribution is 5.87. The highest BCUT2D eigenvalue weighted by Crippen LogP contribution is 2.28. The Morgan fingerprint density at radius 1 is 1.55 bits per heavy atom. The molecule has 0 aliphatic rings. The number of carboxylic acids is 1. The number of hydrogen-bond donors (Lipinski definition) is 2. The van der Waals surface area contributed by atoms with Gasteiger partial charge >= 0.3 is 5.97 Å². The number of aromatic nitrogens is 2. The number of carbonyl (C=O) groups is 1. The fourth-order valence-corrected chi connectivity index (χ4v) is 1.89. The molecule has 0 radical (unpaired) electrons. The summed E-state index contributed by atoms with van der Waals surface area (Å²) >= 11 is 0. The molecule has 3 N–H and O–H groups in total. The van der Waals surface area contributed by atoms with E-state index in [9.17, 15) is 4.79 Å². The van der Waals surface area contributed by atoms with Crippen LogP contribution in [-0.4, -0.2) is 28.0 Å². The standard InChI is InChI=1S/C14H15N3O3/c1-3-6-17-12(14(18)19)8-11(16-17)9-4-5-13(20-2)10(15)7-9/h3-5,7-8H,1,6,15H2,2H3,(H,18,19). The molecule has 2 aromatic rings. The molecule has 0 aliphatic carbocycles. The van der Waals surface area contributed by atoms with Gasteiger partial charge in [0.2, 0.25) is 0 Å². The van der Waals surface area contributed by atoms with Crippen molar-refractivity contribution in [2.45, 2.75) is 6.54 Å². The summed E-state index contributed by atoms with van der Waals surface area (Å²) in [6, 6.07) is 6.71. The van der Waals surface area contributed by atoms with Gasteiger partial charge in [-0.3, -0.25) is 4.68 Å². The molecule has 0 bridgehead atoms. The smallest absolute Gasteiger partial charge is 0.354 e. The summed E-state index contributed by atoms with van der Waals surface area (Å²) in [5, 5.41) is 13.4. The molecule has 1 heterocycles. The number of carboxylic acid groups (broad SMARTS) is 1. The topological polar surface area (TPSA) is 90.4 Å². The Bertz CT molecular complexity index is 662. The molecule has 0 saturated carbocycles. The Kier molecular flexibility index (Phi) is 3.74. The van der Waals surface area contributed by atoms with Gasteiger partial charge in [0.15, 0.2) is 0 Å². The molecule has 0 atom stereocenters. The number of nitrogens with two attached hydrogens (primary N) is 1. The van der Waals surface area contributed by atoms with Crippen LogP contribution >= 0.6 is 0 Å². The van der Waals surface area contributed by atoms with Crippen molar-refractivity contribution in [2.24, 2.45) is 0 Å². The molecular weight excluding hydrogens is 258 g/mol. The van der Waals surface area contributed by atoms with Crippen LogP contribution in [0.15, 0.2) is 36.9 Å². The molecule has 6 heteroatoms. The van der Waals surface area contributed by atoms with Crippen LogP contribution in [0.4, 0.5) is 5.69 Å². The lowest BCUT2D eigenvalue weighted by atomic mass is 10.1. The molecule has 0 saturated heterocycles. The predicted molar refractivity (Wildman–Crippen MR) is 75.8 cm³/mol. The van der Waals surface area contributed by atoms with Gasteiger partial charge in [-0.1, -0.05) is 6.08 Å². The minimum absolute atomic E-state index is 0.106. The minimum atomic E-state index is -1.04. The maximum absolute atomic E-state index is 11.2. The van der Waals surface area contributed by atoms with E-state index in [1.165, 1.54) is 17.9 Å². The van der Waals surface area contributed by atoms with Crippen LogP contribution in [-0.2, 0) is 6.54 Å². The van der Waals surface area contributed by atoms with E-state index in [1.54, 1.807) is 24.3 Å². The summed E-state index contributed by atoms with van der Waals surface area (Å²) in [5.74, 6) is -0.468. The van der Waals surface area contributed by atoms with Crippen molar-refractivity contribution >= 4 is 11.7 Å². The number of methoxy groups -OCH3 is 1. The molecule has 2 rings (SSSR count). The van der Waals surface area contributed by atoms with E-state index in [4.69, 9.17) is 15.6 Å². The SMILES string of the molecule is C=CCn1nc(-c2ccc(OC)c(N)c2)cc1C(=O)O. The van der Waals surface area contributed by atoms with Gasteiger partial charge in [-0.2, -0.15) is 5.10 Å². The summed E-state index contributed by atoms with van der Waals surface area (Å²) in [5.41, 5.74) is 7.69. The number of benzene rings is 1. The molecule has 0 fully saturated rings. The monoisotopic (exact) mass is 273 g/mol. The Morgan fingerprint density at radius 2 is 2.30 bits per heavy atom. The van der Waals surface area contributed by atoms with Crippen LogP contribution in [0.2, 0.25) is 0 Å². The second kappa shape index (κ2) is 5.48. The molecule has 20 heavy (non-hydrogen) atoms. The summed E-state index contributed by atoms with van der Waals surface area (Å²) in [4.78, 5) is 11.2. The second-order valence-corrected chi connectivity index (χ2v) is 4.15. The molecule has 1 aromatic heterocycles. The van der Waals surface area contributed by atoms with Crippen molar-refractivity contribution in [1.82, 2.24) is 9.78 Å². The maximum atomic E-state index is 11.2. The summed E-state index contributed by atoms with van der Waals surface area (Å²) < 4.78 is 6.46. The zero-order valence-electron chi connectivity index (χ0n) is 11.0. The number of allylic oxidation sites excluding steroid dienone is 1. The molecule has 104 valence electrons. The Labute approximate surface area is 116 Å². The average molecular weight is 273 g/mol. The van der Waals surface area contributed by atoms with E-state index in [0.717, 1.165) is 5.56 Å². The van der Waals surface area contributed by atoms with Gasteiger partial charge in [0.05, 0.1) is 25.0 Å². The first kappa shape index (κ1) is 13.7. The molecule has 0 aliphatic heterocycles. The van der Waals surface area contributed by atoms with E-state index in [0.29, 0.717) is 23.7 Å². The third-order valence-electron chi connectivity index (χ3n) is 2.83. The highest BCUT2D eigenvalue weighted by atomic mass is 16.5. The maximum Gasteiger partial charge on any atom is 0.354 e. The van der Waals surface area contributed by atoms with E-state index >= 15 is 0 Å². The molecular formula is C14H15N3O3. The summed E-state index contributed by atoms with van der Waals surface area (Å²) in [6.07, 6.45) is 1.59. The van der Waals surface area contributed by atoms with E-state index in [2.05, 4.69) is 11.7 Å². The molecule has 0 amide bonds. The first-order valence-electron chi connectivity index (χ1n) is 5.92. The number of hydrogen-bond acceptors (Lipinski definition) is 4. The summed E-state index contributed by atoms with van der Waals surface area (Å²) in [7, 11) is 1.53. The van der Waals surface area contributed by atoms with E-state index < -0.39 is 5.97 Å². The van der Waals surface area contributed by atoms with Gasteiger partial charge in [0, 0.05) is 5.56 Å². The Balaban J connectivity index is 2.47. The third kappa shape index (κ3) is 2.49. The lowest BCUT2D eigenvalue weighted by molar-refractivity contribution is 0.0684. The number of anilines is 1. The van der Waals surface area contributed by atoms with Crippen LogP contribution in [0.1, 0.15) is 10.5 Å². The fourth-order valence-electron chi connectivity index (χ4n) is 1.89. The van der Waals surface area contributed by atoms with Crippen molar-refractivity contribution in [1.29, 1.82) is 0 Å². The lowest BCUT2D eigenvalue weighted by Gasteiger charge is -2.05. The largest absolute Gasteiger partial charge is 0.495 e. The number of ether oxygens (including phenoxy) is 1. The third-order valence-corrected chi connectivity index (χ3v) is 2.83. The van der Waals surface area contributed by atoms with Crippen molar-refractivity contribution in [2.75, 3.05) is 12.8 Å². The molecule has 0 spiro atoms. The zero-order valence-corrected chi connectivity index (χ0v) is 11.0. The zero-order chi connectivity index (χ0) is 14.7. The number of aromatic carboxylic acids is 1. The normalized spacial score (nSPS) is 10.2. The average Bonchev–Trinajstić information content (AvgIpc) is 2.83. The van der Waals surface area contributed by atoms with Crippen LogP contribution in [0, 0.1) is 0 Å². The molecule has 6 nitrogen and oxygen atoms in total. The van der Waals surface area contributed by atoms with Crippen LogP contribution < -0.4 is 10.5 Å². The Morgan fingerprint density at radius 3 is 2.85 bits per heavy atom. The van der Waals surface area contributed by atoms with Gasteiger partial charge in [-0.15, -0.1) is 6.58 Å². The number of rotatable bonds is 5. The van der Waals surface area contributed by atoms with Crippen LogP contribution in [0.3, 0.4) is 0 Å². The van der Waals surface area contributed by atoms with E-state index in [-0.39, 0.29) is 5.69 Å². The highest BCUT2D eigenvalue weighted by Gasteiger charge is 2.15. The van der Waals surface area contributed by atoms with Gasteiger partial charge in [-0.25, -0.2) is 4.79 Å². The van der Waals surface area contributed by atoms with Crippen molar-refractivity contribution in [3.8, 4) is 17.0 Å². The fraction of sp³-hybridized carbons (Fsp3) is 0.143. The second-order valence-electron chi connectivity index (χ2n) is 4.15. The lowest BCUT2D eigenvalue weighted by Crippen LogP contribution is -2.08. The molecule has 1 aromatic carbocycles. The van der Waals surface area contributed by atoms with Crippen molar-refractivity contribution < 1.29 is 14.6 Å². The van der Waals surface area contributed by atoms with Gasteiger partial charge in [-0.05, 0) is 24.3 Å². The first-order chi connectivity index (χ1) is 9.56. The number of nitrogens with zero attached hydrogens (tertiary/aromatic N) is 2. The number of nitrogen functional groups attached to an aromatic ring is 1. The quantitative estimate of drug-likeness (QED) is 0.642. The van der Waals surface area contributed by atoms with E-state index in [1.807, 2.05) is 0 Å². The first-order valence-corrected chi connectivity index (χ1v) is 5.92. The summed E-state index contributed by atoms with van der Waals surface area (Å²) in [6.45, 7) is 3.91. The molecule has 0 unspecified atom stereocenters. The predicted octanol–water partition coefficient (Wildman–Crippen LogP) is 2.03. The van der Waals surface area contributed by atoms with Crippen LogP contribution in [0.25, 0.3) is 11.3 Å². The van der Waals surface area contributed by atoms with Gasteiger partial charge in [0.25, 0.3) is 0 Å². The van der Waals surface area contributed by atoms with Crippen LogP contribution in [0.5, 0.6) is 5.75 Å². The van der Waals surface area contributed by atoms with Gasteiger partial charge in [0.1, 0.15) is 11.4 Å². The minimum Gasteiger partial charge on any atom is -0.495 e. The van der Waals surface area contributed by atoms with Crippen molar-refractivity contribution in [3.05, 3.63) is 42.6 Å².